The van der Waals surface area contributed by atoms with E-state index in [1.165, 1.54) is 0 Å². The lowest BCUT2D eigenvalue weighted by Crippen LogP contribution is -2.29. The first kappa shape index (κ1) is 15.3. The molecule has 1 fully saturated rings. The van der Waals surface area contributed by atoms with E-state index in [4.69, 9.17) is 15.6 Å². The van der Waals surface area contributed by atoms with Gasteiger partial charge in [0.25, 0.3) is 0 Å². The molecule has 0 spiro atoms. The van der Waals surface area contributed by atoms with Crippen molar-refractivity contribution in [1.82, 2.24) is 9.55 Å². The summed E-state index contributed by atoms with van der Waals surface area (Å²) in [5, 5.41) is 18.8. The molecule has 1 aliphatic rings. The van der Waals surface area contributed by atoms with Crippen molar-refractivity contribution in [2.45, 2.75) is 18.4 Å². The zero-order valence-corrected chi connectivity index (χ0v) is 10.7. The van der Waals surface area contributed by atoms with Gasteiger partial charge in [-0.15, -0.1) is 0 Å². The number of rotatable bonds is 3. The topological polar surface area (TPSA) is 111 Å². The van der Waals surface area contributed by atoms with Crippen molar-refractivity contribution in [2.75, 3.05) is 12.3 Å². The Morgan fingerprint density at radius 3 is 2.81 bits per heavy atom. The van der Waals surface area contributed by atoms with Crippen LogP contribution >= 0.6 is 0 Å². The number of aliphatic hydroxyl groups is 2. The van der Waals surface area contributed by atoms with Gasteiger partial charge in [-0.05, 0) is 6.08 Å². The molecule has 0 saturated carbocycles. The number of nitrogens with zero attached hydrogens (tertiary/aromatic N) is 2. The minimum Gasteiger partial charge on any atom is -0.394 e. The number of ether oxygens (including phenoxy) is 1. The number of anilines is 1. The summed E-state index contributed by atoms with van der Waals surface area (Å²) in [5.41, 5.74) is 4.43. The smallest absolute Gasteiger partial charge is 0.351 e. The molecule has 1 aromatic heterocycles. The molecule has 3 atom stereocenters. The number of nitrogen functional groups attached to an aromatic ring is 1. The van der Waals surface area contributed by atoms with Gasteiger partial charge in [0.1, 0.15) is 18.0 Å². The van der Waals surface area contributed by atoms with E-state index in [2.05, 4.69) is 4.98 Å². The van der Waals surface area contributed by atoms with Gasteiger partial charge in [-0.1, -0.05) is 0 Å². The first-order valence-electron chi connectivity index (χ1n) is 5.93. The second-order valence-electron chi connectivity index (χ2n) is 4.33. The van der Waals surface area contributed by atoms with Crippen molar-refractivity contribution >= 4 is 11.9 Å². The Labute approximate surface area is 117 Å². The summed E-state index contributed by atoms with van der Waals surface area (Å²) in [6, 6.07) is 0. The second kappa shape index (κ2) is 6.12. The molecular formula is C12H13F2N3O4. The Morgan fingerprint density at radius 1 is 1.52 bits per heavy atom. The third-order valence-electron chi connectivity index (χ3n) is 3.09. The SMILES string of the molecule is Nc1nc(=O)n(C2OC(CO)C(O)/C2=C\F)cc1/C=C\F. The fourth-order valence-electron chi connectivity index (χ4n) is 2.03. The number of aromatic nitrogens is 2. The summed E-state index contributed by atoms with van der Waals surface area (Å²) >= 11 is 0. The molecule has 114 valence electrons. The first-order valence-corrected chi connectivity index (χ1v) is 5.93. The molecule has 0 radical (unpaired) electrons. The molecule has 0 aliphatic carbocycles. The van der Waals surface area contributed by atoms with Crippen molar-refractivity contribution in [3.8, 4) is 0 Å². The van der Waals surface area contributed by atoms with Crippen LogP contribution in [0.15, 0.2) is 29.2 Å². The van der Waals surface area contributed by atoms with Crippen LogP contribution in [0.2, 0.25) is 0 Å². The summed E-state index contributed by atoms with van der Waals surface area (Å²) in [6.07, 6.45) is -1.40. The predicted molar refractivity (Wildman–Crippen MR) is 69.2 cm³/mol. The van der Waals surface area contributed by atoms with Gasteiger partial charge in [0.15, 0.2) is 6.23 Å². The molecule has 1 aliphatic heterocycles. The summed E-state index contributed by atoms with van der Waals surface area (Å²) in [4.78, 5) is 15.3. The third-order valence-corrected chi connectivity index (χ3v) is 3.09. The summed E-state index contributed by atoms with van der Waals surface area (Å²) < 4.78 is 31.3. The average Bonchev–Trinajstić information content (AvgIpc) is 2.78. The maximum Gasteiger partial charge on any atom is 0.351 e. The van der Waals surface area contributed by atoms with Crippen LogP contribution in [0.5, 0.6) is 0 Å². The van der Waals surface area contributed by atoms with Crippen molar-refractivity contribution in [3.05, 3.63) is 40.5 Å². The number of halogens is 2. The number of hydrogen-bond acceptors (Lipinski definition) is 6. The lowest BCUT2D eigenvalue weighted by atomic mass is 10.1. The molecule has 0 amide bonds. The molecule has 2 rings (SSSR count). The molecule has 7 nitrogen and oxygen atoms in total. The summed E-state index contributed by atoms with van der Waals surface area (Å²) in [6.45, 7) is -0.566. The van der Waals surface area contributed by atoms with Crippen molar-refractivity contribution < 1.29 is 23.7 Å². The molecule has 0 bridgehead atoms. The molecule has 2 heterocycles. The average molecular weight is 301 g/mol. The highest BCUT2D eigenvalue weighted by Gasteiger charge is 2.40. The van der Waals surface area contributed by atoms with E-state index in [-0.39, 0.29) is 29.6 Å². The fourth-order valence-corrected chi connectivity index (χ4v) is 2.03. The zero-order chi connectivity index (χ0) is 15.6. The normalized spacial score (nSPS) is 27.8. The fraction of sp³-hybridized carbons (Fsp3) is 0.333. The molecule has 1 aromatic rings. The van der Waals surface area contributed by atoms with Crippen molar-refractivity contribution in [1.29, 1.82) is 0 Å². The van der Waals surface area contributed by atoms with Crippen LogP contribution in [-0.4, -0.2) is 38.6 Å². The standard InChI is InChI=1S/C12H13F2N3O4/c13-2-1-6-4-17(12(20)16-10(6)15)11-7(3-14)9(19)8(5-18)21-11/h1-4,8-9,11,18-19H,5H2,(H2,15,16,20)/b2-1-,7-3+. The van der Waals surface area contributed by atoms with Crippen molar-refractivity contribution in [2.24, 2.45) is 0 Å². The van der Waals surface area contributed by atoms with Crippen LogP contribution in [0.1, 0.15) is 11.8 Å². The van der Waals surface area contributed by atoms with Gasteiger partial charge in [0.2, 0.25) is 0 Å². The Balaban J connectivity index is 2.51. The Hall–Kier alpha value is -2.10. The van der Waals surface area contributed by atoms with Gasteiger partial charge in [0, 0.05) is 17.3 Å². The number of hydrogen-bond donors (Lipinski definition) is 3. The van der Waals surface area contributed by atoms with Gasteiger partial charge in [-0.25, -0.2) is 13.6 Å². The van der Waals surface area contributed by atoms with E-state index < -0.39 is 30.7 Å². The van der Waals surface area contributed by atoms with Crippen LogP contribution in [-0.2, 0) is 4.74 Å². The number of aliphatic hydroxyl groups excluding tert-OH is 2. The van der Waals surface area contributed by atoms with Crippen LogP contribution in [0.25, 0.3) is 6.08 Å². The Kier molecular flexibility index (Phi) is 4.46. The Bertz CT molecular complexity index is 644. The monoisotopic (exact) mass is 301 g/mol. The van der Waals surface area contributed by atoms with E-state index in [1.807, 2.05) is 0 Å². The molecule has 3 unspecified atom stereocenters. The number of nitrogens with two attached hydrogens (primary N) is 1. The van der Waals surface area contributed by atoms with Crippen LogP contribution in [0.3, 0.4) is 0 Å². The highest BCUT2D eigenvalue weighted by molar-refractivity contribution is 5.58. The van der Waals surface area contributed by atoms with E-state index in [0.29, 0.717) is 0 Å². The largest absolute Gasteiger partial charge is 0.394 e. The predicted octanol–water partition coefficient (Wildman–Crippen LogP) is -0.130. The lowest BCUT2D eigenvalue weighted by molar-refractivity contribution is -0.0447. The maximum atomic E-state index is 12.9. The van der Waals surface area contributed by atoms with E-state index in [0.717, 1.165) is 16.8 Å². The van der Waals surface area contributed by atoms with Crippen molar-refractivity contribution in [3.63, 3.8) is 0 Å². The second-order valence-corrected chi connectivity index (χ2v) is 4.33. The van der Waals surface area contributed by atoms with Gasteiger partial charge < -0.3 is 20.7 Å². The Morgan fingerprint density at radius 2 is 2.24 bits per heavy atom. The van der Waals surface area contributed by atoms with Crippen LogP contribution < -0.4 is 11.4 Å². The van der Waals surface area contributed by atoms with Crippen LogP contribution in [0, 0.1) is 0 Å². The quantitative estimate of drug-likeness (QED) is 0.717. The molecule has 1 saturated heterocycles. The van der Waals surface area contributed by atoms with Gasteiger partial charge in [0.05, 0.1) is 19.3 Å². The molecule has 4 N–H and O–H groups in total. The maximum absolute atomic E-state index is 12.9. The summed E-state index contributed by atoms with van der Waals surface area (Å²) in [5.74, 6) is -0.201. The minimum absolute atomic E-state index is 0.0841. The minimum atomic E-state index is -1.41. The third kappa shape index (κ3) is 2.71. The molecule has 0 aromatic carbocycles. The highest BCUT2D eigenvalue weighted by Crippen LogP contribution is 2.33. The summed E-state index contributed by atoms with van der Waals surface area (Å²) in [7, 11) is 0. The van der Waals surface area contributed by atoms with E-state index in [9.17, 15) is 18.7 Å². The lowest BCUT2D eigenvalue weighted by Gasteiger charge is -2.15. The van der Waals surface area contributed by atoms with E-state index >= 15 is 0 Å². The molecule has 21 heavy (non-hydrogen) atoms. The highest BCUT2D eigenvalue weighted by atomic mass is 19.1. The van der Waals surface area contributed by atoms with Crippen LogP contribution in [0.4, 0.5) is 14.6 Å². The van der Waals surface area contributed by atoms with Gasteiger partial charge >= 0.3 is 5.69 Å². The van der Waals surface area contributed by atoms with E-state index in [1.54, 1.807) is 0 Å². The molecular weight excluding hydrogens is 288 g/mol. The van der Waals surface area contributed by atoms with Gasteiger partial charge in [-0.3, -0.25) is 4.57 Å². The molecule has 9 heteroatoms. The zero-order valence-electron chi connectivity index (χ0n) is 10.7. The first-order chi connectivity index (χ1) is 10.0. The van der Waals surface area contributed by atoms with Gasteiger partial charge in [-0.2, -0.15) is 4.98 Å².